The molecule has 0 saturated heterocycles. The molecule has 2 aliphatic carbocycles. The molecule has 0 radical (unpaired) electrons. The molecule has 1 N–H and O–H groups in total. The molecular formula is C28H27F2NO3. The van der Waals surface area contributed by atoms with Gasteiger partial charge in [0.2, 0.25) is 0 Å². The molecule has 2 aromatic rings. The van der Waals surface area contributed by atoms with Crippen LogP contribution in [-0.2, 0) is 14.3 Å². The Hall–Kier alpha value is -3.28. The molecular weight excluding hydrogens is 436 g/mol. The van der Waals surface area contributed by atoms with E-state index < -0.39 is 17.7 Å². The maximum absolute atomic E-state index is 15.0. The van der Waals surface area contributed by atoms with Crippen LogP contribution in [0.3, 0.4) is 0 Å². The molecule has 6 heteroatoms. The highest BCUT2D eigenvalue weighted by Gasteiger charge is 2.42. The van der Waals surface area contributed by atoms with Crippen molar-refractivity contribution in [2.75, 3.05) is 0 Å². The number of esters is 1. The summed E-state index contributed by atoms with van der Waals surface area (Å²) in [5.74, 6) is -2.38. The lowest BCUT2D eigenvalue weighted by molar-refractivity contribution is -0.144. The molecule has 1 saturated carbocycles. The van der Waals surface area contributed by atoms with Gasteiger partial charge in [-0.3, -0.25) is 4.79 Å². The third-order valence-corrected chi connectivity index (χ3v) is 7.18. The van der Waals surface area contributed by atoms with Crippen molar-refractivity contribution in [3.05, 3.63) is 93.8 Å². The van der Waals surface area contributed by atoms with Crippen molar-refractivity contribution in [2.45, 2.75) is 63.4 Å². The normalized spacial score (nSPS) is 23.1. The van der Waals surface area contributed by atoms with Gasteiger partial charge in [0.1, 0.15) is 17.7 Å². The minimum Gasteiger partial charge on any atom is -0.459 e. The number of hydrogen-bond donors (Lipinski definition) is 1. The van der Waals surface area contributed by atoms with Gasteiger partial charge < -0.3 is 10.1 Å². The highest BCUT2D eigenvalue weighted by molar-refractivity contribution is 6.04. The third kappa shape index (κ3) is 4.17. The van der Waals surface area contributed by atoms with Crippen molar-refractivity contribution in [3.63, 3.8) is 0 Å². The van der Waals surface area contributed by atoms with Gasteiger partial charge in [0.25, 0.3) is 0 Å². The van der Waals surface area contributed by atoms with E-state index in [1.807, 2.05) is 0 Å². The number of carbonyl (C=O) groups excluding carboxylic acids is 2. The van der Waals surface area contributed by atoms with Crippen LogP contribution in [0.1, 0.15) is 68.4 Å². The third-order valence-electron chi connectivity index (χ3n) is 7.18. The lowest BCUT2D eigenvalue weighted by Crippen LogP contribution is -2.37. The van der Waals surface area contributed by atoms with E-state index in [2.05, 4.69) is 5.32 Å². The van der Waals surface area contributed by atoms with Gasteiger partial charge in [-0.25, -0.2) is 13.6 Å². The van der Waals surface area contributed by atoms with Gasteiger partial charge in [-0.05, 0) is 68.7 Å². The number of benzene rings is 2. The quantitative estimate of drug-likeness (QED) is 0.581. The highest BCUT2D eigenvalue weighted by Crippen LogP contribution is 2.46. The summed E-state index contributed by atoms with van der Waals surface area (Å²) in [6.07, 6.45) is 4.26. The second-order valence-corrected chi connectivity index (χ2v) is 9.40. The van der Waals surface area contributed by atoms with Gasteiger partial charge in [-0.15, -0.1) is 0 Å². The smallest absolute Gasteiger partial charge is 0.337 e. The predicted molar refractivity (Wildman–Crippen MR) is 124 cm³/mol. The summed E-state index contributed by atoms with van der Waals surface area (Å²) >= 11 is 0. The minimum absolute atomic E-state index is 0.125. The molecule has 0 aromatic heterocycles. The summed E-state index contributed by atoms with van der Waals surface area (Å²) in [6, 6.07) is 12.5. The topological polar surface area (TPSA) is 55.4 Å². The van der Waals surface area contributed by atoms with Gasteiger partial charge >= 0.3 is 5.97 Å². The summed E-state index contributed by atoms with van der Waals surface area (Å²) in [7, 11) is 0. The Morgan fingerprint density at radius 2 is 1.71 bits per heavy atom. The maximum Gasteiger partial charge on any atom is 0.337 e. The van der Waals surface area contributed by atoms with E-state index in [9.17, 15) is 14.0 Å². The van der Waals surface area contributed by atoms with Gasteiger partial charge in [0.05, 0.1) is 11.5 Å². The second-order valence-electron chi connectivity index (χ2n) is 9.40. The van der Waals surface area contributed by atoms with Crippen molar-refractivity contribution in [1.82, 2.24) is 5.32 Å². The number of hydrogen-bond acceptors (Lipinski definition) is 4. The Labute approximate surface area is 197 Å². The fourth-order valence-corrected chi connectivity index (χ4v) is 5.52. The van der Waals surface area contributed by atoms with E-state index in [0.29, 0.717) is 34.5 Å². The molecule has 0 amide bonds. The summed E-state index contributed by atoms with van der Waals surface area (Å²) in [5, 5.41) is 3.28. The second kappa shape index (κ2) is 9.16. The average Bonchev–Trinajstić information content (AvgIpc) is 3.32. The summed E-state index contributed by atoms with van der Waals surface area (Å²) in [6.45, 7) is 1.77. The van der Waals surface area contributed by atoms with Crippen LogP contribution >= 0.6 is 0 Å². The van der Waals surface area contributed by atoms with E-state index in [0.717, 1.165) is 31.2 Å². The van der Waals surface area contributed by atoms with E-state index in [1.54, 1.807) is 37.3 Å². The van der Waals surface area contributed by atoms with Gasteiger partial charge in [0.15, 0.2) is 5.78 Å². The predicted octanol–water partition coefficient (Wildman–Crippen LogP) is 5.81. The molecule has 0 bridgehead atoms. The number of halogens is 2. The van der Waals surface area contributed by atoms with Crippen LogP contribution in [0.2, 0.25) is 0 Å². The molecule has 2 aromatic carbocycles. The van der Waals surface area contributed by atoms with E-state index in [4.69, 9.17) is 4.74 Å². The first kappa shape index (κ1) is 22.5. The van der Waals surface area contributed by atoms with Crippen molar-refractivity contribution < 1.29 is 23.1 Å². The SMILES string of the molecule is CC1=C(C(=O)OC2CCCC2)[C@@H](c2ccccc2F)C2=C(C[C@@H](c3ccc(F)cc3)CC2=O)N1. The first-order valence-electron chi connectivity index (χ1n) is 11.9. The van der Waals surface area contributed by atoms with Gasteiger partial charge in [0, 0.05) is 29.0 Å². The van der Waals surface area contributed by atoms with E-state index in [1.165, 1.54) is 18.2 Å². The van der Waals surface area contributed by atoms with Crippen molar-refractivity contribution in [3.8, 4) is 0 Å². The number of nitrogens with one attached hydrogen (secondary N) is 1. The van der Waals surface area contributed by atoms with Crippen molar-refractivity contribution >= 4 is 11.8 Å². The van der Waals surface area contributed by atoms with Gasteiger partial charge in [-0.2, -0.15) is 0 Å². The summed E-state index contributed by atoms with van der Waals surface area (Å²) < 4.78 is 34.3. The fourth-order valence-electron chi connectivity index (χ4n) is 5.52. The first-order chi connectivity index (χ1) is 16.4. The molecule has 1 aliphatic heterocycles. The van der Waals surface area contributed by atoms with Crippen LogP contribution in [0.25, 0.3) is 0 Å². The van der Waals surface area contributed by atoms with Crippen LogP contribution in [0.5, 0.6) is 0 Å². The molecule has 4 nitrogen and oxygen atoms in total. The zero-order chi connectivity index (χ0) is 23.8. The molecule has 0 unspecified atom stereocenters. The molecule has 1 heterocycles. The molecule has 34 heavy (non-hydrogen) atoms. The van der Waals surface area contributed by atoms with Crippen LogP contribution in [0, 0.1) is 11.6 Å². The maximum atomic E-state index is 15.0. The Morgan fingerprint density at radius 3 is 2.41 bits per heavy atom. The number of carbonyl (C=O) groups is 2. The molecule has 0 spiro atoms. The fraction of sp³-hybridized carbons (Fsp3) is 0.357. The summed E-state index contributed by atoms with van der Waals surface area (Å²) in [5.41, 5.74) is 3.15. The minimum atomic E-state index is -0.826. The average molecular weight is 464 g/mol. The Balaban J connectivity index is 1.55. The van der Waals surface area contributed by atoms with E-state index >= 15 is 4.39 Å². The zero-order valence-electron chi connectivity index (χ0n) is 19.1. The van der Waals surface area contributed by atoms with Crippen LogP contribution in [0.15, 0.2) is 71.1 Å². The molecule has 2 atom stereocenters. The zero-order valence-corrected chi connectivity index (χ0v) is 19.1. The number of ether oxygens (including phenoxy) is 1. The standard InChI is InChI=1S/C28H27F2NO3/c1-16-25(28(33)34-20-6-2-3-7-20)26(21-8-4-5-9-22(21)30)27-23(31-16)14-18(15-24(27)32)17-10-12-19(29)13-11-17/h4-5,8-13,18,20,26,31H,2-3,6-7,14-15H2,1H3/t18-,26-/m1/s1. The molecule has 1 fully saturated rings. The highest BCUT2D eigenvalue weighted by atomic mass is 19.1. The number of allylic oxidation sites excluding steroid dienone is 3. The molecule has 3 aliphatic rings. The van der Waals surface area contributed by atoms with Gasteiger partial charge in [-0.1, -0.05) is 30.3 Å². The monoisotopic (exact) mass is 463 g/mol. The van der Waals surface area contributed by atoms with Crippen molar-refractivity contribution in [2.24, 2.45) is 0 Å². The molecule has 176 valence electrons. The lowest BCUT2D eigenvalue weighted by atomic mass is 9.71. The van der Waals surface area contributed by atoms with Crippen molar-refractivity contribution in [1.29, 1.82) is 0 Å². The Morgan fingerprint density at radius 1 is 1.00 bits per heavy atom. The summed E-state index contributed by atoms with van der Waals surface area (Å²) in [4.78, 5) is 26.9. The number of dihydropyridines is 1. The van der Waals surface area contributed by atoms with Crippen LogP contribution < -0.4 is 5.32 Å². The van der Waals surface area contributed by atoms with E-state index in [-0.39, 0.29) is 30.0 Å². The number of ketones is 1. The first-order valence-corrected chi connectivity index (χ1v) is 11.9. The van der Waals surface area contributed by atoms with Crippen LogP contribution in [0.4, 0.5) is 8.78 Å². The van der Waals surface area contributed by atoms with Crippen LogP contribution in [-0.4, -0.2) is 17.9 Å². The largest absolute Gasteiger partial charge is 0.459 e. The number of rotatable bonds is 4. The molecule has 5 rings (SSSR count). The Kier molecular flexibility index (Phi) is 6.07. The lowest BCUT2D eigenvalue weighted by Gasteiger charge is -2.37. The number of Topliss-reactive ketones (excluding diaryl/α,β-unsaturated/α-hetero) is 1. The Bertz CT molecular complexity index is 1190.